The average Bonchev–Trinajstić information content (AvgIpc) is 2.56. The van der Waals surface area contributed by atoms with Crippen molar-refractivity contribution >= 4 is 16.9 Å². The molecule has 7 nitrogen and oxygen atoms in total. The van der Waals surface area contributed by atoms with E-state index in [0.717, 1.165) is 11.1 Å². The van der Waals surface area contributed by atoms with Gasteiger partial charge in [0.15, 0.2) is 5.75 Å². The lowest BCUT2D eigenvalue weighted by molar-refractivity contribution is 0.0852. The number of nitrogens with zero attached hydrogens (tertiary/aromatic N) is 2. The number of H-pyrrole nitrogens is 1. The van der Waals surface area contributed by atoms with Gasteiger partial charge >= 0.3 is 0 Å². The maximum Gasteiger partial charge on any atom is 0.275 e. The van der Waals surface area contributed by atoms with E-state index >= 15 is 0 Å². The van der Waals surface area contributed by atoms with Crippen LogP contribution in [0.5, 0.6) is 5.75 Å². The maximum absolute atomic E-state index is 13.0. The number of hydrazine groups is 1. The quantitative estimate of drug-likeness (QED) is 0.617. The number of nitrogens with one attached hydrogen (secondary N) is 2. The predicted molar refractivity (Wildman–Crippen MR) is 94.4 cm³/mol. The summed E-state index contributed by atoms with van der Waals surface area (Å²) in [4.78, 5) is 31.0. The molecule has 3 rings (SSSR count). The van der Waals surface area contributed by atoms with E-state index in [1.807, 2.05) is 0 Å². The van der Waals surface area contributed by atoms with E-state index in [-0.39, 0.29) is 11.3 Å². The van der Waals surface area contributed by atoms with Crippen molar-refractivity contribution < 1.29 is 14.3 Å². The summed E-state index contributed by atoms with van der Waals surface area (Å²) in [6.45, 7) is 0. The second-order valence-corrected chi connectivity index (χ2v) is 6.06. The predicted octanol–water partition coefficient (Wildman–Crippen LogP) is 1.56. The third-order valence-electron chi connectivity index (χ3n) is 3.75. The lowest BCUT2D eigenvalue weighted by Gasteiger charge is -2.13. The van der Waals surface area contributed by atoms with E-state index < -0.39 is 22.8 Å². The Hall–Kier alpha value is -3.26. The van der Waals surface area contributed by atoms with Crippen molar-refractivity contribution in [3.8, 4) is 5.75 Å². The summed E-state index contributed by atoms with van der Waals surface area (Å²) >= 11 is 0. The first kappa shape index (κ1) is 17.6. The van der Waals surface area contributed by atoms with Crippen molar-refractivity contribution in [1.82, 2.24) is 20.4 Å². The highest BCUT2D eigenvalue weighted by Crippen LogP contribution is 2.24. The first-order valence-corrected chi connectivity index (χ1v) is 7.82. The van der Waals surface area contributed by atoms with Crippen molar-refractivity contribution in [3.63, 3.8) is 0 Å². The first-order chi connectivity index (χ1) is 12.3. The number of fused-ring (bicyclic) bond motifs is 1. The Balaban J connectivity index is 1.99. The van der Waals surface area contributed by atoms with E-state index in [0.29, 0.717) is 11.9 Å². The third kappa shape index (κ3) is 3.55. The lowest BCUT2D eigenvalue weighted by Crippen LogP contribution is -2.38. The van der Waals surface area contributed by atoms with Gasteiger partial charge in [-0.25, -0.2) is 9.40 Å². The van der Waals surface area contributed by atoms with Gasteiger partial charge in [0.1, 0.15) is 16.9 Å². The SMILES string of the molecule is CN(C)NC(=O)c1c(O)c2ncc(Cc3ccc(F)cc3)cc2[nH]c1=O. The highest BCUT2D eigenvalue weighted by atomic mass is 19.1. The summed E-state index contributed by atoms with van der Waals surface area (Å²) < 4.78 is 13.0. The normalized spacial score (nSPS) is 11.1. The number of aromatic amines is 1. The Morgan fingerprint density at radius 1 is 1.27 bits per heavy atom. The molecule has 1 amide bonds. The zero-order valence-electron chi connectivity index (χ0n) is 14.2. The molecule has 0 bridgehead atoms. The number of pyridine rings is 2. The number of aromatic nitrogens is 2. The fraction of sp³-hybridized carbons (Fsp3) is 0.167. The monoisotopic (exact) mass is 356 g/mol. The molecular formula is C18H17FN4O3. The minimum atomic E-state index is -0.729. The molecule has 26 heavy (non-hydrogen) atoms. The van der Waals surface area contributed by atoms with Crippen molar-refractivity contribution in [2.45, 2.75) is 6.42 Å². The van der Waals surface area contributed by atoms with Crippen LogP contribution in [-0.4, -0.2) is 40.1 Å². The highest BCUT2D eigenvalue weighted by Gasteiger charge is 2.20. The maximum atomic E-state index is 13.0. The molecule has 3 N–H and O–H groups in total. The number of hydrogen-bond donors (Lipinski definition) is 3. The van der Waals surface area contributed by atoms with Crippen LogP contribution in [0.4, 0.5) is 4.39 Å². The van der Waals surface area contributed by atoms with E-state index in [9.17, 15) is 19.1 Å². The summed E-state index contributed by atoms with van der Waals surface area (Å²) in [5.41, 5.74) is 3.38. The van der Waals surface area contributed by atoms with Gasteiger partial charge in [0.25, 0.3) is 11.5 Å². The fourth-order valence-corrected chi connectivity index (χ4v) is 2.61. The molecule has 0 radical (unpaired) electrons. The van der Waals surface area contributed by atoms with Crippen LogP contribution in [0.25, 0.3) is 11.0 Å². The van der Waals surface area contributed by atoms with Crippen molar-refractivity contribution in [2.75, 3.05) is 14.1 Å². The van der Waals surface area contributed by atoms with Gasteiger partial charge in [0, 0.05) is 20.3 Å². The van der Waals surface area contributed by atoms with Crippen LogP contribution < -0.4 is 11.0 Å². The number of rotatable bonds is 4. The van der Waals surface area contributed by atoms with Gasteiger partial charge in [-0.15, -0.1) is 0 Å². The smallest absolute Gasteiger partial charge is 0.275 e. The summed E-state index contributed by atoms with van der Waals surface area (Å²) in [5.74, 6) is -1.52. The number of carbonyl (C=O) groups is 1. The number of aromatic hydroxyl groups is 1. The summed E-state index contributed by atoms with van der Waals surface area (Å²) in [5, 5.41) is 11.7. The fourth-order valence-electron chi connectivity index (χ4n) is 2.61. The third-order valence-corrected chi connectivity index (χ3v) is 3.75. The largest absolute Gasteiger partial charge is 0.505 e. The number of hydrogen-bond acceptors (Lipinski definition) is 5. The van der Waals surface area contributed by atoms with Gasteiger partial charge in [-0.05, 0) is 35.7 Å². The molecule has 0 aliphatic carbocycles. The molecule has 0 saturated heterocycles. The van der Waals surface area contributed by atoms with Crippen LogP contribution in [0.3, 0.4) is 0 Å². The van der Waals surface area contributed by atoms with Crippen molar-refractivity contribution in [1.29, 1.82) is 0 Å². The van der Waals surface area contributed by atoms with Crippen LogP contribution in [0, 0.1) is 5.82 Å². The molecule has 0 aliphatic rings. The Kier molecular flexibility index (Phi) is 4.68. The molecule has 2 heterocycles. The summed E-state index contributed by atoms with van der Waals surface area (Å²) in [6, 6.07) is 7.73. The van der Waals surface area contributed by atoms with Crippen LogP contribution >= 0.6 is 0 Å². The molecule has 134 valence electrons. The van der Waals surface area contributed by atoms with Gasteiger partial charge in [-0.1, -0.05) is 12.1 Å². The zero-order chi connectivity index (χ0) is 18.8. The van der Waals surface area contributed by atoms with Crippen LogP contribution in [0.2, 0.25) is 0 Å². The van der Waals surface area contributed by atoms with Gasteiger partial charge in [-0.2, -0.15) is 0 Å². The molecule has 0 atom stereocenters. The topological polar surface area (TPSA) is 98.3 Å². The molecule has 1 aromatic carbocycles. The summed E-state index contributed by atoms with van der Waals surface area (Å²) in [7, 11) is 3.17. The number of amides is 1. The molecule has 2 aromatic heterocycles. The van der Waals surface area contributed by atoms with E-state index in [2.05, 4.69) is 15.4 Å². The minimum absolute atomic E-state index is 0.122. The van der Waals surface area contributed by atoms with Crippen LogP contribution in [0.15, 0.2) is 41.3 Å². The number of benzene rings is 1. The van der Waals surface area contributed by atoms with E-state index in [1.54, 1.807) is 32.3 Å². The standard InChI is InChI=1S/C18H17FN4O3/c1-23(2)22-18(26)14-16(24)15-13(21-17(14)25)8-11(9-20-15)7-10-3-5-12(19)6-4-10/h3-6,8-9H,7H2,1-2H3,(H,22,26)(H2,21,24,25). The molecular weight excluding hydrogens is 339 g/mol. The second-order valence-electron chi connectivity index (χ2n) is 6.06. The van der Waals surface area contributed by atoms with Gasteiger partial charge in [0.2, 0.25) is 0 Å². The lowest BCUT2D eigenvalue weighted by atomic mass is 10.1. The molecule has 0 fully saturated rings. The van der Waals surface area contributed by atoms with Crippen molar-refractivity contribution in [2.24, 2.45) is 0 Å². The Bertz CT molecular complexity index is 1030. The molecule has 8 heteroatoms. The molecule has 0 saturated carbocycles. The summed E-state index contributed by atoms with van der Waals surface area (Å²) in [6.07, 6.45) is 2.02. The Labute approximate surface area is 148 Å². The minimum Gasteiger partial charge on any atom is -0.505 e. The molecule has 0 aliphatic heterocycles. The van der Waals surface area contributed by atoms with E-state index in [1.165, 1.54) is 23.3 Å². The van der Waals surface area contributed by atoms with Gasteiger partial charge in [0.05, 0.1) is 5.52 Å². The molecule has 3 aromatic rings. The first-order valence-electron chi connectivity index (χ1n) is 7.82. The highest BCUT2D eigenvalue weighted by molar-refractivity contribution is 6.00. The van der Waals surface area contributed by atoms with Crippen LogP contribution in [-0.2, 0) is 6.42 Å². The van der Waals surface area contributed by atoms with Crippen LogP contribution in [0.1, 0.15) is 21.5 Å². The molecule has 0 unspecified atom stereocenters. The Morgan fingerprint density at radius 2 is 1.96 bits per heavy atom. The van der Waals surface area contributed by atoms with Gasteiger partial charge in [-0.3, -0.25) is 20.0 Å². The Morgan fingerprint density at radius 3 is 2.62 bits per heavy atom. The van der Waals surface area contributed by atoms with Crippen molar-refractivity contribution in [3.05, 3.63) is 69.4 Å². The second kappa shape index (κ2) is 6.93. The number of carbonyl (C=O) groups excluding carboxylic acids is 1. The van der Waals surface area contributed by atoms with E-state index in [4.69, 9.17) is 0 Å². The number of halogens is 1. The van der Waals surface area contributed by atoms with Gasteiger partial charge < -0.3 is 10.1 Å². The zero-order valence-corrected chi connectivity index (χ0v) is 14.2. The molecule has 0 spiro atoms. The average molecular weight is 356 g/mol.